The molecule has 23 heavy (non-hydrogen) atoms. The van der Waals surface area contributed by atoms with Crippen molar-refractivity contribution >= 4 is 59.3 Å². The Morgan fingerprint density at radius 3 is 2.04 bits per heavy atom. The van der Waals surface area contributed by atoms with E-state index in [-0.39, 0.29) is 0 Å². The molecule has 120 valence electrons. The molecule has 0 radical (unpaired) electrons. The molecular weight excluding hydrogens is 488 g/mol. The summed E-state index contributed by atoms with van der Waals surface area (Å²) in [5.41, 5.74) is 13.3. The van der Waals surface area contributed by atoms with Gasteiger partial charge in [-0.25, -0.2) is 4.68 Å². The number of nitrogens with two attached hydrogens (primary N) is 2. The van der Waals surface area contributed by atoms with E-state index in [1.807, 2.05) is 30.3 Å². The predicted molar refractivity (Wildman–Crippen MR) is 106 cm³/mol. The molecule has 0 unspecified atom stereocenters. The number of aromatic nitrogens is 2. The average Bonchev–Trinajstić information content (AvgIpc) is 2.92. The van der Waals surface area contributed by atoms with Crippen molar-refractivity contribution in [3.05, 3.63) is 73.7 Å². The van der Waals surface area contributed by atoms with Gasteiger partial charge in [0.2, 0.25) is 0 Å². The zero-order chi connectivity index (χ0) is 16.8. The van der Waals surface area contributed by atoms with Crippen LogP contribution in [0.5, 0.6) is 0 Å². The van der Waals surface area contributed by atoms with Crippen LogP contribution in [0.15, 0.2) is 68.1 Å². The maximum absolute atomic E-state index is 5.69. The van der Waals surface area contributed by atoms with Crippen molar-refractivity contribution in [1.82, 2.24) is 9.78 Å². The molecule has 4 nitrogen and oxygen atoms in total. The molecular formula is C16H15Br3N4. The van der Waals surface area contributed by atoms with Gasteiger partial charge in [0, 0.05) is 13.4 Å². The molecule has 4 N–H and O–H groups in total. The highest BCUT2D eigenvalue weighted by atomic mass is 79.9. The average molecular weight is 503 g/mol. The Morgan fingerprint density at radius 2 is 1.52 bits per heavy atom. The second-order valence-corrected chi connectivity index (χ2v) is 7.31. The van der Waals surface area contributed by atoms with Gasteiger partial charge in [-0.3, -0.25) is 0 Å². The summed E-state index contributed by atoms with van der Waals surface area (Å²) >= 11 is 9.96. The lowest BCUT2D eigenvalue weighted by Crippen LogP contribution is -2.05. The summed E-state index contributed by atoms with van der Waals surface area (Å²) in [5, 5.41) is 4.10. The molecule has 0 fully saturated rings. The van der Waals surface area contributed by atoms with E-state index >= 15 is 0 Å². The lowest BCUT2D eigenvalue weighted by atomic mass is 10.2. The minimum atomic E-state index is 0.698. The van der Waals surface area contributed by atoms with Crippen molar-refractivity contribution in [2.24, 2.45) is 0 Å². The Labute approximate surface area is 160 Å². The molecule has 0 bridgehead atoms. The SMILES string of the molecule is Nc1c(Br)cc(Br)cc1Br.Nc1ccnn1Cc1ccccc1. The van der Waals surface area contributed by atoms with Gasteiger partial charge in [0.25, 0.3) is 0 Å². The van der Waals surface area contributed by atoms with Crippen molar-refractivity contribution in [3.63, 3.8) is 0 Å². The van der Waals surface area contributed by atoms with Crippen LogP contribution in [0, 0.1) is 0 Å². The molecule has 0 saturated heterocycles. The van der Waals surface area contributed by atoms with Crippen LogP contribution in [0.1, 0.15) is 5.56 Å². The molecule has 0 aliphatic carbocycles. The van der Waals surface area contributed by atoms with Crippen LogP contribution >= 0.6 is 47.8 Å². The van der Waals surface area contributed by atoms with Gasteiger partial charge in [-0.15, -0.1) is 0 Å². The van der Waals surface area contributed by atoms with Crippen molar-refractivity contribution in [3.8, 4) is 0 Å². The van der Waals surface area contributed by atoms with Crippen molar-refractivity contribution in [2.45, 2.75) is 6.54 Å². The van der Waals surface area contributed by atoms with Gasteiger partial charge in [-0.2, -0.15) is 5.10 Å². The maximum Gasteiger partial charge on any atom is 0.122 e. The molecule has 0 spiro atoms. The molecule has 0 aliphatic rings. The topological polar surface area (TPSA) is 69.9 Å². The van der Waals surface area contributed by atoms with E-state index in [9.17, 15) is 0 Å². The minimum Gasteiger partial charge on any atom is -0.397 e. The van der Waals surface area contributed by atoms with Crippen molar-refractivity contribution < 1.29 is 0 Å². The lowest BCUT2D eigenvalue weighted by Gasteiger charge is -2.03. The van der Waals surface area contributed by atoms with E-state index in [1.165, 1.54) is 5.56 Å². The number of nitrogen functional groups attached to an aromatic ring is 2. The second kappa shape index (κ2) is 8.52. The van der Waals surface area contributed by atoms with Crippen LogP contribution in [0.2, 0.25) is 0 Å². The highest BCUT2D eigenvalue weighted by Gasteiger charge is 2.01. The Bertz CT molecular complexity index is 749. The first-order valence-corrected chi connectivity index (χ1v) is 9.06. The largest absolute Gasteiger partial charge is 0.397 e. The molecule has 0 aliphatic heterocycles. The Morgan fingerprint density at radius 1 is 0.913 bits per heavy atom. The number of hydrogen-bond acceptors (Lipinski definition) is 3. The molecule has 7 heteroatoms. The van der Waals surface area contributed by atoms with Crippen LogP contribution in [-0.2, 0) is 6.54 Å². The molecule has 2 aromatic carbocycles. The van der Waals surface area contributed by atoms with Gasteiger partial charge in [-0.1, -0.05) is 46.3 Å². The fourth-order valence-corrected chi connectivity index (χ4v) is 4.04. The summed E-state index contributed by atoms with van der Waals surface area (Å²) in [5.74, 6) is 0.698. The summed E-state index contributed by atoms with van der Waals surface area (Å²) in [6.07, 6.45) is 1.71. The van der Waals surface area contributed by atoms with Crippen LogP contribution in [-0.4, -0.2) is 9.78 Å². The molecule has 1 heterocycles. The summed E-state index contributed by atoms with van der Waals surface area (Å²) in [6.45, 7) is 0.736. The lowest BCUT2D eigenvalue weighted by molar-refractivity contribution is 0.697. The summed E-state index contributed by atoms with van der Waals surface area (Å²) < 4.78 is 4.57. The van der Waals surface area contributed by atoms with E-state index in [1.54, 1.807) is 16.9 Å². The number of anilines is 2. The fraction of sp³-hybridized carbons (Fsp3) is 0.0625. The first kappa shape index (κ1) is 18.0. The van der Waals surface area contributed by atoms with Crippen molar-refractivity contribution in [1.29, 1.82) is 0 Å². The Hall–Kier alpha value is -1.31. The smallest absolute Gasteiger partial charge is 0.122 e. The van der Waals surface area contributed by atoms with Crippen LogP contribution in [0.4, 0.5) is 11.5 Å². The van der Waals surface area contributed by atoms with Crippen LogP contribution in [0.3, 0.4) is 0 Å². The summed E-state index contributed by atoms with van der Waals surface area (Å²) in [4.78, 5) is 0. The van der Waals surface area contributed by atoms with E-state index in [0.29, 0.717) is 5.82 Å². The number of rotatable bonds is 2. The normalized spacial score (nSPS) is 10.0. The maximum atomic E-state index is 5.69. The highest BCUT2D eigenvalue weighted by Crippen LogP contribution is 2.31. The van der Waals surface area contributed by atoms with Crippen LogP contribution in [0.25, 0.3) is 0 Å². The second-order valence-electron chi connectivity index (χ2n) is 4.68. The molecule has 0 saturated carbocycles. The predicted octanol–water partition coefficient (Wildman–Crippen LogP) is 5.07. The molecule has 1 aromatic heterocycles. The number of nitrogens with zero attached hydrogens (tertiary/aromatic N) is 2. The van der Waals surface area contributed by atoms with Gasteiger partial charge in [-0.05, 0) is 55.6 Å². The Balaban J connectivity index is 0.000000174. The van der Waals surface area contributed by atoms with E-state index < -0.39 is 0 Å². The third kappa shape index (κ3) is 5.37. The number of benzene rings is 2. The van der Waals surface area contributed by atoms with Gasteiger partial charge in [0.05, 0.1) is 18.4 Å². The monoisotopic (exact) mass is 500 g/mol. The quantitative estimate of drug-likeness (QED) is 0.481. The first-order chi connectivity index (χ1) is 11.0. The van der Waals surface area contributed by atoms with Crippen molar-refractivity contribution in [2.75, 3.05) is 11.5 Å². The third-order valence-electron chi connectivity index (χ3n) is 2.97. The van der Waals surface area contributed by atoms with Gasteiger partial charge < -0.3 is 11.5 Å². The van der Waals surface area contributed by atoms with Gasteiger partial charge in [0.15, 0.2) is 0 Å². The minimum absolute atomic E-state index is 0.698. The van der Waals surface area contributed by atoms with E-state index in [0.717, 1.165) is 25.7 Å². The number of hydrogen-bond donors (Lipinski definition) is 2. The zero-order valence-corrected chi connectivity index (χ0v) is 16.8. The molecule has 0 atom stereocenters. The van der Waals surface area contributed by atoms with Gasteiger partial charge >= 0.3 is 0 Å². The zero-order valence-electron chi connectivity index (χ0n) is 12.1. The van der Waals surface area contributed by atoms with Gasteiger partial charge in [0.1, 0.15) is 5.82 Å². The first-order valence-electron chi connectivity index (χ1n) is 6.68. The van der Waals surface area contributed by atoms with Crippen LogP contribution < -0.4 is 11.5 Å². The Kier molecular flexibility index (Phi) is 6.68. The summed E-state index contributed by atoms with van der Waals surface area (Å²) in [7, 11) is 0. The molecule has 0 amide bonds. The summed E-state index contributed by atoms with van der Waals surface area (Å²) in [6, 6.07) is 15.7. The standard InChI is InChI=1S/C10H11N3.C6H4Br3N/c11-10-6-7-12-13(10)8-9-4-2-1-3-5-9;7-3-1-4(8)6(10)5(9)2-3/h1-7H,8,11H2;1-2H,10H2. The van der Waals surface area contributed by atoms with E-state index in [2.05, 4.69) is 65.0 Å². The third-order valence-corrected chi connectivity index (χ3v) is 4.74. The van der Waals surface area contributed by atoms with E-state index in [4.69, 9.17) is 11.5 Å². The number of halogens is 3. The molecule has 3 aromatic rings. The highest BCUT2D eigenvalue weighted by molar-refractivity contribution is 9.11. The molecule has 3 rings (SSSR count). The fourth-order valence-electron chi connectivity index (χ4n) is 1.78.